The topological polar surface area (TPSA) is 39.2 Å². The highest BCUT2D eigenvalue weighted by atomic mass is 32.1. The monoisotopic (exact) mass is 417 g/mol. The number of carbonyl (C=O) groups excluding carboxylic acids is 1. The van der Waals surface area contributed by atoms with Crippen molar-refractivity contribution in [2.45, 2.75) is 19.8 Å². The van der Waals surface area contributed by atoms with E-state index in [-0.39, 0.29) is 11.6 Å². The first-order valence-electron chi connectivity index (χ1n) is 9.92. The number of carbonyl (C=O) groups is 1. The van der Waals surface area contributed by atoms with Crippen molar-refractivity contribution in [2.24, 2.45) is 5.41 Å². The Balaban J connectivity index is 1.61. The van der Waals surface area contributed by atoms with Gasteiger partial charge in [-0.1, -0.05) is 19.1 Å². The van der Waals surface area contributed by atoms with Crippen LogP contribution in [0.2, 0.25) is 0 Å². The molecular formula is C25H20FNO2S. The summed E-state index contributed by atoms with van der Waals surface area (Å²) in [6.07, 6.45) is 5.63. The summed E-state index contributed by atoms with van der Waals surface area (Å²) < 4.78 is 20.5. The van der Waals surface area contributed by atoms with Gasteiger partial charge < -0.3 is 4.74 Å². The number of ketones is 1. The standard InChI is InChI=1S/C25H20FNO2S/c1-25(10-11-25)15-29-19-6-7-20-21(14-19)30-24(23(28)17-8-12-27-13-9-17)22(20)16-2-4-18(26)5-3-16/h2-9,12-14H,10-11,15H2,1H3. The molecule has 1 fully saturated rings. The first-order chi connectivity index (χ1) is 14.5. The zero-order chi connectivity index (χ0) is 20.7. The van der Waals surface area contributed by atoms with Crippen LogP contribution < -0.4 is 4.74 Å². The molecule has 3 nitrogen and oxygen atoms in total. The van der Waals surface area contributed by atoms with Crippen molar-refractivity contribution in [1.82, 2.24) is 4.98 Å². The summed E-state index contributed by atoms with van der Waals surface area (Å²) in [6.45, 7) is 2.94. The van der Waals surface area contributed by atoms with E-state index in [1.807, 2.05) is 18.2 Å². The van der Waals surface area contributed by atoms with Gasteiger partial charge in [-0.15, -0.1) is 11.3 Å². The molecule has 4 aromatic rings. The van der Waals surface area contributed by atoms with Gasteiger partial charge in [-0.05, 0) is 60.9 Å². The van der Waals surface area contributed by atoms with Crippen LogP contribution in [0.25, 0.3) is 21.2 Å². The van der Waals surface area contributed by atoms with Crippen molar-refractivity contribution in [1.29, 1.82) is 0 Å². The molecule has 30 heavy (non-hydrogen) atoms. The lowest BCUT2D eigenvalue weighted by molar-refractivity contribution is 0.104. The highest BCUT2D eigenvalue weighted by molar-refractivity contribution is 7.21. The summed E-state index contributed by atoms with van der Waals surface area (Å²) in [6, 6.07) is 15.7. The van der Waals surface area contributed by atoms with Crippen molar-refractivity contribution >= 4 is 27.2 Å². The first-order valence-corrected chi connectivity index (χ1v) is 10.7. The van der Waals surface area contributed by atoms with Crippen molar-refractivity contribution in [2.75, 3.05) is 6.61 Å². The number of ether oxygens (including phenoxy) is 1. The van der Waals surface area contributed by atoms with Crippen LogP contribution in [0.1, 0.15) is 35.0 Å². The molecule has 2 aromatic heterocycles. The van der Waals surface area contributed by atoms with Crippen molar-refractivity contribution < 1.29 is 13.9 Å². The van der Waals surface area contributed by atoms with E-state index in [0.29, 0.717) is 22.5 Å². The molecule has 150 valence electrons. The van der Waals surface area contributed by atoms with Crippen LogP contribution >= 0.6 is 11.3 Å². The van der Waals surface area contributed by atoms with E-state index in [4.69, 9.17) is 4.74 Å². The minimum Gasteiger partial charge on any atom is -0.493 e. The maximum Gasteiger partial charge on any atom is 0.203 e. The zero-order valence-corrected chi connectivity index (χ0v) is 17.3. The van der Waals surface area contributed by atoms with Crippen LogP contribution in [0, 0.1) is 11.2 Å². The van der Waals surface area contributed by atoms with Crippen LogP contribution in [0.3, 0.4) is 0 Å². The third-order valence-electron chi connectivity index (χ3n) is 5.63. The second-order valence-corrected chi connectivity index (χ2v) is 9.19. The minimum absolute atomic E-state index is 0.0640. The van der Waals surface area contributed by atoms with Gasteiger partial charge in [0.2, 0.25) is 5.78 Å². The number of pyridine rings is 1. The number of fused-ring (bicyclic) bond motifs is 1. The van der Waals surface area contributed by atoms with Gasteiger partial charge in [0.15, 0.2) is 0 Å². The van der Waals surface area contributed by atoms with E-state index in [0.717, 1.165) is 27.0 Å². The van der Waals surface area contributed by atoms with Gasteiger partial charge in [0.05, 0.1) is 11.5 Å². The van der Waals surface area contributed by atoms with Crippen LogP contribution in [0.5, 0.6) is 5.75 Å². The number of aromatic nitrogens is 1. The van der Waals surface area contributed by atoms with Gasteiger partial charge >= 0.3 is 0 Å². The van der Waals surface area contributed by atoms with E-state index in [2.05, 4.69) is 11.9 Å². The molecule has 0 bridgehead atoms. The van der Waals surface area contributed by atoms with Crippen molar-refractivity contribution in [3.63, 3.8) is 0 Å². The summed E-state index contributed by atoms with van der Waals surface area (Å²) in [5.74, 6) is 0.445. The van der Waals surface area contributed by atoms with Gasteiger partial charge in [-0.3, -0.25) is 9.78 Å². The normalized spacial score (nSPS) is 14.6. The molecule has 1 aliphatic carbocycles. The Morgan fingerprint density at radius 2 is 1.83 bits per heavy atom. The quantitative estimate of drug-likeness (QED) is 0.336. The summed E-state index contributed by atoms with van der Waals surface area (Å²) in [4.78, 5) is 17.9. The largest absolute Gasteiger partial charge is 0.493 e. The van der Waals surface area contributed by atoms with Gasteiger partial charge in [0.25, 0.3) is 0 Å². The summed E-state index contributed by atoms with van der Waals surface area (Å²) >= 11 is 1.45. The molecule has 0 N–H and O–H groups in total. The molecule has 0 unspecified atom stereocenters. The van der Waals surface area contributed by atoms with E-state index >= 15 is 0 Å². The van der Waals surface area contributed by atoms with Crippen molar-refractivity contribution in [3.05, 3.63) is 83.2 Å². The highest BCUT2D eigenvalue weighted by Gasteiger charge is 2.38. The number of thiophene rings is 1. The lowest BCUT2D eigenvalue weighted by Crippen LogP contribution is -2.08. The van der Waals surface area contributed by atoms with Crippen LogP contribution in [-0.4, -0.2) is 17.4 Å². The molecule has 0 atom stereocenters. The molecule has 0 aliphatic heterocycles. The van der Waals surface area contributed by atoms with Gasteiger partial charge in [-0.2, -0.15) is 0 Å². The van der Waals surface area contributed by atoms with Gasteiger partial charge in [0.1, 0.15) is 11.6 Å². The molecule has 5 rings (SSSR count). The lowest BCUT2D eigenvalue weighted by Gasteiger charge is -2.11. The number of hydrogen-bond acceptors (Lipinski definition) is 4. The molecule has 0 radical (unpaired) electrons. The summed E-state index contributed by atoms with van der Waals surface area (Å²) in [5.41, 5.74) is 2.53. The van der Waals surface area contributed by atoms with Crippen LogP contribution in [-0.2, 0) is 0 Å². The Morgan fingerprint density at radius 3 is 2.53 bits per heavy atom. The van der Waals surface area contributed by atoms with Crippen LogP contribution in [0.4, 0.5) is 4.39 Å². The molecule has 1 aliphatic rings. The second-order valence-electron chi connectivity index (χ2n) is 8.14. The third kappa shape index (κ3) is 3.61. The fourth-order valence-electron chi connectivity index (χ4n) is 3.48. The Kier molecular flexibility index (Phi) is 4.63. The molecule has 2 heterocycles. The average molecular weight is 418 g/mol. The number of nitrogens with zero attached hydrogens (tertiary/aromatic N) is 1. The maximum absolute atomic E-state index is 13.5. The number of halogens is 1. The molecule has 1 saturated carbocycles. The Bertz CT molecular complexity index is 1230. The average Bonchev–Trinajstić information content (AvgIpc) is 3.39. The molecule has 0 amide bonds. The second kappa shape index (κ2) is 7.33. The minimum atomic E-state index is -0.301. The van der Waals surface area contributed by atoms with Gasteiger partial charge in [-0.25, -0.2) is 4.39 Å². The number of hydrogen-bond donors (Lipinski definition) is 0. The summed E-state index contributed by atoms with van der Waals surface area (Å²) in [7, 11) is 0. The third-order valence-corrected chi connectivity index (χ3v) is 6.79. The smallest absolute Gasteiger partial charge is 0.203 e. The first kappa shape index (κ1) is 18.9. The zero-order valence-electron chi connectivity index (χ0n) is 16.5. The van der Waals surface area contributed by atoms with E-state index in [1.165, 1.54) is 36.3 Å². The number of rotatable bonds is 6. The maximum atomic E-state index is 13.5. The lowest BCUT2D eigenvalue weighted by atomic mass is 9.98. The summed E-state index contributed by atoms with van der Waals surface area (Å²) in [5, 5.41) is 0.967. The molecule has 5 heteroatoms. The van der Waals surface area contributed by atoms with Gasteiger partial charge in [0, 0.05) is 39.0 Å². The molecule has 0 spiro atoms. The van der Waals surface area contributed by atoms with E-state index in [1.54, 1.807) is 36.7 Å². The van der Waals surface area contributed by atoms with Crippen LogP contribution in [0.15, 0.2) is 67.0 Å². The molecular weight excluding hydrogens is 397 g/mol. The Hall–Kier alpha value is -3.05. The molecule has 2 aromatic carbocycles. The highest BCUT2D eigenvalue weighted by Crippen LogP contribution is 2.46. The van der Waals surface area contributed by atoms with Crippen molar-refractivity contribution in [3.8, 4) is 16.9 Å². The molecule has 0 saturated heterocycles. The number of benzene rings is 2. The van der Waals surface area contributed by atoms with E-state index in [9.17, 15) is 9.18 Å². The van der Waals surface area contributed by atoms with E-state index < -0.39 is 0 Å². The predicted octanol–water partition coefficient (Wildman–Crippen LogP) is 6.51. The fourth-order valence-corrected chi connectivity index (χ4v) is 4.69. The SMILES string of the molecule is CC1(COc2ccc3c(-c4ccc(F)cc4)c(C(=O)c4ccncc4)sc3c2)CC1. The predicted molar refractivity (Wildman–Crippen MR) is 118 cm³/mol. The fraction of sp³-hybridized carbons (Fsp3) is 0.200. The Morgan fingerprint density at radius 1 is 1.10 bits per heavy atom. The Labute approximate surface area is 178 Å².